The first-order valence-electron chi connectivity index (χ1n) is 8.87. The third-order valence-corrected chi connectivity index (χ3v) is 4.38. The van der Waals surface area contributed by atoms with E-state index in [1.165, 1.54) is 6.07 Å². The Kier molecular flexibility index (Phi) is 7.68. The van der Waals surface area contributed by atoms with Crippen LogP contribution in [0.15, 0.2) is 36.4 Å². The lowest BCUT2D eigenvalue weighted by Gasteiger charge is -2.15. The Bertz CT molecular complexity index is 808. The Labute approximate surface area is 164 Å². The van der Waals surface area contributed by atoms with Crippen LogP contribution in [-0.4, -0.2) is 44.9 Å². The molecule has 0 bridgehead atoms. The summed E-state index contributed by atoms with van der Waals surface area (Å²) in [5, 5.41) is 12.1. The zero-order valence-corrected chi connectivity index (χ0v) is 16.3. The number of nitrogens with one attached hydrogen (secondary N) is 1. The van der Waals surface area contributed by atoms with Crippen LogP contribution in [0.1, 0.15) is 27.9 Å². The van der Waals surface area contributed by atoms with Crippen molar-refractivity contribution in [1.29, 1.82) is 0 Å². The SMILES string of the molecule is COc1cc(OC)c(CCNC(=O)CCc2ccccc2C(=O)O)c(OC)c1. The summed E-state index contributed by atoms with van der Waals surface area (Å²) in [4.78, 5) is 23.4. The zero-order valence-electron chi connectivity index (χ0n) is 16.3. The fourth-order valence-corrected chi connectivity index (χ4v) is 2.93. The van der Waals surface area contributed by atoms with Crippen LogP contribution in [0.4, 0.5) is 0 Å². The number of rotatable bonds is 10. The molecule has 0 fully saturated rings. The smallest absolute Gasteiger partial charge is 0.335 e. The lowest BCUT2D eigenvalue weighted by atomic mass is 10.0. The molecule has 2 aromatic carbocycles. The van der Waals surface area contributed by atoms with Gasteiger partial charge in [0.05, 0.1) is 26.9 Å². The summed E-state index contributed by atoms with van der Waals surface area (Å²) in [5.74, 6) is 0.738. The van der Waals surface area contributed by atoms with E-state index in [1.54, 1.807) is 51.7 Å². The van der Waals surface area contributed by atoms with Crippen molar-refractivity contribution in [2.45, 2.75) is 19.3 Å². The van der Waals surface area contributed by atoms with E-state index in [0.29, 0.717) is 42.2 Å². The average molecular weight is 387 g/mol. The summed E-state index contributed by atoms with van der Waals surface area (Å²) in [6, 6.07) is 10.2. The molecule has 2 N–H and O–H groups in total. The van der Waals surface area contributed by atoms with E-state index >= 15 is 0 Å². The number of carboxylic acid groups (broad SMARTS) is 1. The molecule has 0 aliphatic rings. The first-order chi connectivity index (χ1) is 13.5. The molecule has 0 aromatic heterocycles. The highest BCUT2D eigenvalue weighted by molar-refractivity contribution is 5.89. The summed E-state index contributed by atoms with van der Waals surface area (Å²) in [7, 11) is 4.70. The van der Waals surface area contributed by atoms with Crippen molar-refractivity contribution in [3.63, 3.8) is 0 Å². The van der Waals surface area contributed by atoms with Crippen LogP contribution in [0.5, 0.6) is 17.2 Å². The van der Waals surface area contributed by atoms with Gasteiger partial charge < -0.3 is 24.6 Å². The van der Waals surface area contributed by atoms with Crippen molar-refractivity contribution in [1.82, 2.24) is 5.32 Å². The minimum Gasteiger partial charge on any atom is -0.496 e. The molecule has 0 radical (unpaired) electrons. The first-order valence-corrected chi connectivity index (χ1v) is 8.87. The van der Waals surface area contributed by atoms with Crippen LogP contribution in [0.3, 0.4) is 0 Å². The van der Waals surface area contributed by atoms with E-state index in [4.69, 9.17) is 14.2 Å². The number of carboxylic acids is 1. The van der Waals surface area contributed by atoms with Crippen LogP contribution >= 0.6 is 0 Å². The fraction of sp³-hybridized carbons (Fsp3) is 0.333. The van der Waals surface area contributed by atoms with Gasteiger partial charge in [0.1, 0.15) is 17.2 Å². The molecule has 28 heavy (non-hydrogen) atoms. The Morgan fingerprint density at radius 3 is 2.18 bits per heavy atom. The van der Waals surface area contributed by atoms with Crippen molar-refractivity contribution < 1.29 is 28.9 Å². The van der Waals surface area contributed by atoms with Crippen molar-refractivity contribution in [2.75, 3.05) is 27.9 Å². The lowest BCUT2D eigenvalue weighted by Crippen LogP contribution is -2.26. The van der Waals surface area contributed by atoms with E-state index < -0.39 is 5.97 Å². The second-order valence-electron chi connectivity index (χ2n) is 6.07. The standard InChI is InChI=1S/C21H25NO6/c1-26-15-12-18(27-2)17(19(13-15)28-3)10-11-22-20(23)9-8-14-6-4-5-7-16(14)21(24)25/h4-7,12-13H,8-11H2,1-3H3,(H,22,23)(H,24,25). The molecule has 2 rings (SSSR count). The average Bonchev–Trinajstić information content (AvgIpc) is 2.72. The van der Waals surface area contributed by atoms with Crippen molar-refractivity contribution in [3.05, 3.63) is 53.1 Å². The number of hydrogen-bond acceptors (Lipinski definition) is 5. The van der Waals surface area contributed by atoms with Gasteiger partial charge in [0.2, 0.25) is 5.91 Å². The third-order valence-electron chi connectivity index (χ3n) is 4.38. The van der Waals surface area contributed by atoms with Crippen LogP contribution in [-0.2, 0) is 17.6 Å². The van der Waals surface area contributed by atoms with Gasteiger partial charge in [-0.1, -0.05) is 18.2 Å². The minimum atomic E-state index is -0.991. The predicted molar refractivity (Wildman–Crippen MR) is 105 cm³/mol. The van der Waals surface area contributed by atoms with Crippen molar-refractivity contribution in [2.24, 2.45) is 0 Å². The Hall–Kier alpha value is -3.22. The van der Waals surface area contributed by atoms with Gasteiger partial charge in [-0.05, 0) is 24.5 Å². The molecule has 0 saturated heterocycles. The maximum Gasteiger partial charge on any atom is 0.335 e. The predicted octanol–water partition coefficient (Wildman–Crippen LogP) is 2.70. The molecule has 0 aliphatic heterocycles. The van der Waals surface area contributed by atoms with E-state index in [-0.39, 0.29) is 17.9 Å². The topological polar surface area (TPSA) is 94.1 Å². The van der Waals surface area contributed by atoms with Gasteiger partial charge in [-0.15, -0.1) is 0 Å². The van der Waals surface area contributed by atoms with E-state index in [1.807, 2.05) is 0 Å². The quantitative estimate of drug-likeness (QED) is 0.651. The summed E-state index contributed by atoms with van der Waals surface area (Å²) in [6.45, 7) is 0.401. The highest BCUT2D eigenvalue weighted by atomic mass is 16.5. The molecule has 7 heteroatoms. The molecule has 0 saturated carbocycles. The number of ether oxygens (including phenoxy) is 3. The molecule has 150 valence electrons. The second-order valence-corrected chi connectivity index (χ2v) is 6.07. The monoisotopic (exact) mass is 387 g/mol. The van der Waals surface area contributed by atoms with Gasteiger partial charge in [0.25, 0.3) is 0 Å². The zero-order chi connectivity index (χ0) is 20.5. The van der Waals surface area contributed by atoms with Crippen LogP contribution < -0.4 is 19.5 Å². The third kappa shape index (κ3) is 5.39. The maximum atomic E-state index is 12.2. The van der Waals surface area contributed by atoms with Gasteiger partial charge in [-0.25, -0.2) is 4.79 Å². The Morgan fingerprint density at radius 2 is 1.61 bits per heavy atom. The summed E-state index contributed by atoms with van der Waals surface area (Å²) >= 11 is 0. The number of aryl methyl sites for hydroxylation is 1. The lowest BCUT2D eigenvalue weighted by molar-refractivity contribution is -0.121. The number of hydrogen-bond donors (Lipinski definition) is 2. The minimum absolute atomic E-state index is 0.147. The van der Waals surface area contributed by atoms with E-state index in [0.717, 1.165) is 5.56 Å². The van der Waals surface area contributed by atoms with Crippen molar-refractivity contribution in [3.8, 4) is 17.2 Å². The molecular weight excluding hydrogens is 362 g/mol. The van der Waals surface area contributed by atoms with Gasteiger partial charge in [0, 0.05) is 30.7 Å². The number of benzene rings is 2. The molecule has 1 amide bonds. The fourth-order valence-electron chi connectivity index (χ4n) is 2.93. The van der Waals surface area contributed by atoms with Gasteiger partial charge in [-0.2, -0.15) is 0 Å². The molecule has 0 heterocycles. The molecule has 0 unspecified atom stereocenters. The largest absolute Gasteiger partial charge is 0.496 e. The van der Waals surface area contributed by atoms with Crippen LogP contribution in [0, 0.1) is 0 Å². The second kappa shape index (κ2) is 10.2. The molecule has 0 aliphatic carbocycles. The number of carbonyl (C=O) groups is 2. The van der Waals surface area contributed by atoms with Crippen LogP contribution in [0.2, 0.25) is 0 Å². The number of carbonyl (C=O) groups excluding carboxylic acids is 1. The molecule has 0 atom stereocenters. The molecular formula is C21H25NO6. The maximum absolute atomic E-state index is 12.2. The van der Waals surface area contributed by atoms with Gasteiger partial charge in [-0.3, -0.25) is 4.79 Å². The molecule has 7 nitrogen and oxygen atoms in total. The summed E-state index contributed by atoms with van der Waals surface area (Å²) in [6.07, 6.45) is 1.10. The van der Waals surface area contributed by atoms with Crippen molar-refractivity contribution >= 4 is 11.9 Å². The number of aromatic carboxylic acids is 1. The van der Waals surface area contributed by atoms with Gasteiger partial charge in [0.15, 0.2) is 0 Å². The summed E-state index contributed by atoms with van der Waals surface area (Å²) < 4.78 is 16.0. The number of amides is 1. The highest BCUT2D eigenvalue weighted by Gasteiger charge is 2.14. The number of methoxy groups -OCH3 is 3. The molecule has 0 spiro atoms. The Balaban J connectivity index is 1.93. The normalized spacial score (nSPS) is 10.2. The molecule has 2 aromatic rings. The summed E-state index contributed by atoms with van der Waals surface area (Å²) in [5.41, 5.74) is 1.70. The van der Waals surface area contributed by atoms with E-state index in [9.17, 15) is 14.7 Å². The van der Waals surface area contributed by atoms with E-state index in [2.05, 4.69) is 5.32 Å². The first kappa shape index (κ1) is 21.1. The van der Waals surface area contributed by atoms with Gasteiger partial charge >= 0.3 is 5.97 Å². The Morgan fingerprint density at radius 1 is 0.964 bits per heavy atom. The van der Waals surface area contributed by atoms with Crippen LogP contribution in [0.25, 0.3) is 0 Å². The highest BCUT2D eigenvalue weighted by Crippen LogP contribution is 2.34.